The van der Waals surface area contributed by atoms with Gasteiger partial charge in [-0.25, -0.2) is 0 Å². The van der Waals surface area contributed by atoms with Gasteiger partial charge in [0.1, 0.15) is 0 Å². The molecule has 2 rings (SSSR count). The van der Waals surface area contributed by atoms with Gasteiger partial charge in [0.25, 0.3) is 0 Å². The van der Waals surface area contributed by atoms with E-state index in [0.29, 0.717) is 6.42 Å². The standard InChI is InChI=1S/C11H19O2P/c12-11(13)7-8-14-9-3-1-4-10(14)6-2-5-9/h9-10H,1-8H2,(H,12,13). The van der Waals surface area contributed by atoms with Crippen LogP contribution >= 0.6 is 7.92 Å². The maximum Gasteiger partial charge on any atom is 0.303 e. The highest BCUT2D eigenvalue weighted by molar-refractivity contribution is 7.59. The van der Waals surface area contributed by atoms with Crippen LogP contribution in [0, 0.1) is 0 Å². The first-order valence-corrected chi connectivity index (χ1v) is 7.41. The van der Waals surface area contributed by atoms with E-state index in [-0.39, 0.29) is 7.92 Å². The summed E-state index contributed by atoms with van der Waals surface area (Å²) in [7, 11) is 0.0770. The second kappa shape index (κ2) is 4.61. The molecule has 0 aromatic carbocycles. The molecule has 2 aliphatic heterocycles. The third kappa shape index (κ3) is 2.28. The van der Waals surface area contributed by atoms with Gasteiger partial charge in [-0.3, -0.25) is 4.79 Å². The van der Waals surface area contributed by atoms with Crippen molar-refractivity contribution in [1.29, 1.82) is 0 Å². The van der Waals surface area contributed by atoms with E-state index in [1.807, 2.05) is 0 Å². The number of hydrogen-bond donors (Lipinski definition) is 1. The lowest BCUT2D eigenvalue weighted by molar-refractivity contribution is -0.136. The molecule has 80 valence electrons. The molecule has 0 radical (unpaired) electrons. The average molecular weight is 214 g/mol. The van der Waals surface area contributed by atoms with Crippen molar-refractivity contribution in [2.75, 3.05) is 6.16 Å². The third-order valence-electron chi connectivity index (χ3n) is 3.67. The summed E-state index contributed by atoms with van der Waals surface area (Å²) in [5.74, 6) is -0.601. The van der Waals surface area contributed by atoms with Crippen LogP contribution in [0.5, 0.6) is 0 Å². The normalized spacial score (nSPS) is 36.7. The Labute approximate surface area is 86.8 Å². The van der Waals surface area contributed by atoms with Crippen LogP contribution in [0.3, 0.4) is 0 Å². The molecule has 0 unspecified atom stereocenters. The van der Waals surface area contributed by atoms with E-state index < -0.39 is 5.97 Å². The summed E-state index contributed by atoms with van der Waals surface area (Å²) in [5.41, 5.74) is 1.86. The molecule has 3 heteroatoms. The van der Waals surface area contributed by atoms with E-state index in [0.717, 1.165) is 17.5 Å². The molecule has 0 aromatic rings. The Morgan fingerprint density at radius 2 is 1.64 bits per heavy atom. The number of hydrogen-bond acceptors (Lipinski definition) is 1. The van der Waals surface area contributed by atoms with Crippen molar-refractivity contribution >= 4 is 13.9 Å². The van der Waals surface area contributed by atoms with E-state index >= 15 is 0 Å². The first-order valence-electron chi connectivity index (χ1n) is 5.75. The molecule has 1 N–H and O–H groups in total. The van der Waals surface area contributed by atoms with E-state index in [9.17, 15) is 4.79 Å². The SMILES string of the molecule is O=C(O)CCP1C2CCCC1CCC2. The van der Waals surface area contributed by atoms with Gasteiger partial charge in [-0.1, -0.05) is 20.8 Å². The summed E-state index contributed by atoms with van der Waals surface area (Å²) in [6.45, 7) is 0. The van der Waals surface area contributed by atoms with Gasteiger partial charge in [0.05, 0.1) is 0 Å². The summed E-state index contributed by atoms with van der Waals surface area (Å²) < 4.78 is 0. The Bertz CT molecular complexity index is 195. The van der Waals surface area contributed by atoms with E-state index in [2.05, 4.69) is 0 Å². The largest absolute Gasteiger partial charge is 0.481 e. The number of fused-ring (bicyclic) bond motifs is 2. The minimum absolute atomic E-state index is 0.0770. The highest BCUT2D eigenvalue weighted by Gasteiger charge is 2.35. The maximum atomic E-state index is 10.6. The monoisotopic (exact) mass is 214 g/mol. The Hall–Kier alpha value is -0.100. The first-order chi connectivity index (χ1) is 6.77. The highest BCUT2D eigenvalue weighted by atomic mass is 31.1. The fourth-order valence-corrected chi connectivity index (χ4v) is 6.85. The first kappa shape index (κ1) is 10.4. The lowest BCUT2D eigenvalue weighted by Crippen LogP contribution is -2.27. The Morgan fingerprint density at radius 3 is 2.07 bits per heavy atom. The molecule has 0 aliphatic carbocycles. The average Bonchev–Trinajstić information content (AvgIpc) is 2.13. The fraction of sp³-hybridized carbons (Fsp3) is 0.909. The Kier molecular flexibility index (Phi) is 3.43. The second-order valence-corrected chi connectivity index (χ2v) is 7.49. The summed E-state index contributed by atoms with van der Waals surface area (Å²) >= 11 is 0. The van der Waals surface area contributed by atoms with Gasteiger partial charge in [-0.2, -0.15) is 0 Å². The van der Waals surface area contributed by atoms with Crippen LogP contribution in [0.2, 0.25) is 0 Å². The molecule has 0 saturated carbocycles. The quantitative estimate of drug-likeness (QED) is 0.733. The molecule has 0 atom stereocenters. The molecule has 14 heavy (non-hydrogen) atoms. The Balaban J connectivity index is 1.91. The number of carbonyl (C=O) groups is 1. The van der Waals surface area contributed by atoms with Crippen LogP contribution in [-0.2, 0) is 4.79 Å². The lowest BCUT2D eigenvalue weighted by Gasteiger charge is -2.43. The van der Waals surface area contributed by atoms with Crippen LogP contribution in [0.1, 0.15) is 44.9 Å². The molecule has 0 aromatic heterocycles. The lowest BCUT2D eigenvalue weighted by atomic mass is 9.99. The van der Waals surface area contributed by atoms with E-state index in [1.165, 1.54) is 38.5 Å². The summed E-state index contributed by atoms with van der Waals surface area (Å²) in [6.07, 6.45) is 9.79. The van der Waals surface area contributed by atoms with Gasteiger partial charge in [0.15, 0.2) is 0 Å². The van der Waals surface area contributed by atoms with Gasteiger partial charge < -0.3 is 5.11 Å². The summed E-state index contributed by atoms with van der Waals surface area (Å²) in [4.78, 5) is 10.6. The van der Waals surface area contributed by atoms with Gasteiger partial charge in [0, 0.05) is 6.42 Å². The number of carboxylic acid groups (broad SMARTS) is 1. The molecule has 2 heterocycles. The van der Waals surface area contributed by atoms with Crippen molar-refractivity contribution in [2.24, 2.45) is 0 Å². The minimum Gasteiger partial charge on any atom is -0.481 e. The molecule has 2 aliphatic rings. The van der Waals surface area contributed by atoms with Crippen molar-refractivity contribution in [2.45, 2.75) is 56.3 Å². The summed E-state index contributed by atoms with van der Waals surface area (Å²) in [6, 6.07) is 0. The molecule has 0 amide bonds. The predicted molar refractivity (Wildman–Crippen MR) is 59.3 cm³/mol. The zero-order valence-corrected chi connectivity index (χ0v) is 9.51. The molecule has 2 fully saturated rings. The molecule has 2 nitrogen and oxygen atoms in total. The van der Waals surface area contributed by atoms with Crippen LogP contribution in [-0.4, -0.2) is 28.6 Å². The van der Waals surface area contributed by atoms with Crippen LogP contribution in [0.25, 0.3) is 0 Å². The van der Waals surface area contributed by atoms with Crippen molar-refractivity contribution in [3.8, 4) is 0 Å². The summed E-state index contributed by atoms with van der Waals surface area (Å²) in [5, 5.41) is 8.72. The van der Waals surface area contributed by atoms with Crippen molar-refractivity contribution in [1.82, 2.24) is 0 Å². The topological polar surface area (TPSA) is 37.3 Å². The van der Waals surface area contributed by atoms with E-state index in [4.69, 9.17) is 5.11 Å². The maximum absolute atomic E-state index is 10.6. The van der Waals surface area contributed by atoms with Gasteiger partial charge in [-0.15, -0.1) is 0 Å². The van der Waals surface area contributed by atoms with Crippen LogP contribution < -0.4 is 0 Å². The molecule has 0 spiro atoms. The van der Waals surface area contributed by atoms with Gasteiger partial charge in [0.2, 0.25) is 0 Å². The van der Waals surface area contributed by atoms with Crippen molar-refractivity contribution < 1.29 is 9.90 Å². The van der Waals surface area contributed by atoms with Crippen molar-refractivity contribution in [3.05, 3.63) is 0 Å². The molecule has 2 saturated heterocycles. The number of carboxylic acids is 1. The van der Waals surface area contributed by atoms with Crippen LogP contribution in [0.15, 0.2) is 0 Å². The number of rotatable bonds is 3. The van der Waals surface area contributed by atoms with Crippen molar-refractivity contribution in [3.63, 3.8) is 0 Å². The Morgan fingerprint density at radius 1 is 1.14 bits per heavy atom. The van der Waals surface area contributed by atoms with Crippen LogP contribution in [0.4, 0.5) is 0 Å². The molecular formula is C11H19O2P. The van der Waals surface area contributed by atoms with Gasteiger partial charge >= 0.3 is 5.97 Å². The van der Waals surface area contributed by atoms with Gasteiger partial charge in [-0.05, 0) is 43.2 Å². The highest BCUT2D eigenvalue weighted by Crippen LogP contribution is 2.59. The predicted octanol–water partition coefficient (Wildman–Crippen LogP) is 3.05. The number of aliphatic carboxylic acids is 1. The third-order valence-corrected chi connectivity index (χ3v) is 7.32. The molecular weight excluding hydrogens is 195 g/mol. The zero-order valence-electron chi connectivity index (χ0n) is 8.61. The zero-order chi connectivity index (χ0) is 9.97. The van der Waals surface area contributed by atoms with E-state index in [1.54, 1.807) is 0 Å². The minimum atomic E-state index is -0.601. The molecule has 2 bridgehead atoms. The fourth-order valence-electron chi connectivity index (χ4n) is 3.02. The smallest absolute Gasteiger partial charge is 0.303 e. The second-order valence-electron chi connectivity index (χ2n) is 4.55.